The molecule has 3 atom stereocenters. The maximum absolute atomic E-state index is 6.29. The molecule has 1 heterocycles. The largest absolute Gasteiger partial charge is 0.475 e. The maximum atomic E-state index is 6.29. The van der Waals surface area contributed by atoms with Crippen LogP contribution in [-0.4, -0.2) is 37.8 Å². The minimum Gasteiger partial charge on any atom is -0.475 e. The first kappa shape index (κ1) is 16.5. The van der Waals surface area contributed by atoms with E-state index in [-0.39, 0.29) is 17.0 Å². The zero-order valence-corrected chi connectivity index (χ0v) is 15.3. The van der Waals surface area contributed by atoms with Gasteiger partial charge in [0.1, 0.15) is 12.6 Å². The van der Waals surface area contributed by atoms with Crippen molar-refractivity contribution in [2.75, 3.05) is 6.61 Å². The summed E-state index contributed by atoms with van der Waals surface area (Å²) < 4.78 is 12.1. The summed E-state index contributed by atoms with van der Waals surface area (Å²) in [6.45, 7) is 11.0. The SMILES string of the molecule is C=C[C@H](Br)[C@@H](O[Si](C)(C)C)[C@@H]1COC(c2ccccc2)=N1. The van der Waals surface area contributed by atoms with Crippen LogP contribution in [0.15, 0.2) is 48.0 Å². The molecule has 114 valence electrons. The standard InChI is InChI=1S/C16H22BrNO2Si/c1-5-13(17)15(20-21(2,3)4)14-11-19-16(18-14)12-9-7-6-8-10-12/h5-10,13-15H,1,11H2,2-4H3/t13-,14-,15+/m0/s1. The van der Waals surface area contributed by atoms with Crippen LogP contribution in [0.1, 0.15) is 5.56 Å². The second kappa shape index (κ2) is 6.90. The van der Waals surface area contributed by atoms with E-state index in [4.69, 9.17) is 14.2 Å². The van der Waals surface area contributed by atoms with Crippen LogP contribution in [-0.2, 0) is 9.16 Å². The van der Waals surface area contributed by atoms with Gasteiger partial charge < -0.3 is 9.16 Å². The van der Waals surface area contributed by atoms with E-state index in [2.05, 4.69) is 42.1 Å². The molecule has 1 aliphatic rings. The van der Waals surface area contributed by atoms with Crippen LogP contribution < -0.4 is 0 Å². The summed E-state index contributed by atoms with van der Waals surface area (Å²) in [7, 11) is -1.67. The zero-order valence-electron chi connectivity index (χ0n) is 12.8. The van der Waals surface area contributed by atoms with Crippen LogP contribution in [0.25, 0.3) is 0 Å². The molecule has 0 aliphatic carbocycles. The van der Waals surface area contributed by atoms with Crippen molar-refractivity contribution in [1.82, 2.24) is 0 Å². The first-order valence-electron chi connectivity index (χ1n) is 7.11. The van der Waals surface area contributed by atoms with Gasteiger partial charge in [-0.15, -0.1) is 6.58 Å². The Morgan fingerprint density at radius 1 is 1.38 bits per heavy atom. The number of aliphatic imine (C=N–C) groups is 1. The van der Waals surface area contributed by atoms with E-state index in [1.54, 1.807) is 0 Å². The Morgan fingerprint density at radius 3 is 2.62 bits per heavy atom. The van der Waals surface area contributed by atoms with E-state index < -0.39 is 8.32 Å². The third kappa shape index (κ3) is 4.53. The minimum atomic E-state index is -1.67. The van der Waals surface area contributed by atoms with Gasteiger partial charge in [-0.05, 0) is 31.8 Å². The van der Waals surface area contributed by atoms with E-state index >= 15 is 0 Å². The number of halogens is 1. The molecule has 0 spiro atoms. The highest BCUT2D eigenvalue weighted by molar-refractivity contribution is 9.09. The summed E-state index contributed by atoms with van der Waals surface area (Å²) in [6, 6.07) is 9.97. The molecule has 21 heavy (non-hydrogen) atoms. The molecule has 5 heteroatoms. The van der Waals surface area contributed by atoms with E-state index in [0.717, 1.165) is 5.56 Å². The number of hydrogen-bond donors (Lipinski definition) is 0. The number of alkyl halides is 1. The summed E-state index contributed by atoms with van der Waals surface area (Å²) in [5, 5.41) is 0. The lowest BCUT2D eigenvalue weighted by atomic mass is 10.1. The molecule has 0 fully saturated rings. The first-order valence-corrected chi connectivity index (χ1v) is 11.4. The molecule has 0 aromatic heterocycles. The smallest absolute Gasteiger partial charge is 0.216 e. The minimum absolute atomic E-state index is 0.00527. The summed E-state index contributed by atoms with van der Waals surface area (Å²) in [5.74, 6) is 0.702. The van der Waals surface area contributed by atoms with Crippen molar-refractivity contribution in [2.24, 2.45) is 4.99 Å². The normalized spacial score (nSPS) is 21.3. The monoisotopic (exact) mass is 367 g/mol. The highest BCUT2D eigenvalue weighted by Gasteiger charge is 2.35. The highest BCUT2D eigenvalue weighted by Crippen LogP contribution is 2.25. The number of ether oxygens (including phenoxy) is 1. The average molecular weight is 368 g/mol. The van der Waals surface area contributed by atoms with Crippen molar-refractivity contribution >= 4 is 30.1 Å². The average Bonchev–Trinajstić information content (AvgIpc) is 2.93. The van der Waals surface area contributed by atoms with Gasteiger partial charge in [-0.25, -0.2) is 4.99 Å². The van der Waals surface area contributed by atoms with Gasteiger partial charge in [0.05, 0.1) is 10.9 Å². The Labute approximate surface area is 136 Å². The molecule has 1 aromatic carbocycles. The van der Waals surface area contributed by atoms with Crippen LogP contribution in [0.4, 0.5) is 0 Å². The molecule has 0 saturated carbocycles. The van der Waals surface area contributed by atoms with Gasteiger partial charge in [-0.2, -0.15) is 0 Å². The molecule has 0 N–H and O–H groups in total. The molecular formula is C16H22BrNO2Si. The maximum Gasteiger partial charge on any atom is 0.216 e. The first-order chi connectivity index (χ1) is 9.90. The molecule has 0 amide bonds. The van der Waals surface area contributed by atoms with Crippen LogP contribution in [0.3, 0.4) is 0 Å². The van der Waals surface area contributed by atoms with Crippen LogP contribution >= 0.6 is 15.9 Å². The Kier molecular flexibility index (Phi) is 5.41. The fourth-order valence-corrected chi connectivity index (χ4v) is 3.97. The number of rotatable bonds is 6. The van der Waals surface area contributed by atoms with Gasteiger partial charge in [0, 0.05) is 5.56 Å². The van der Waals surface area contributed by atoms with E-state index in [9.17, 15) is 0 Å². The summed E-state index contributed by atoms with van der Waals surface area (Å²) in [4.78, 5) is 4.79. The van der Waals surface area contributed by atoms with Crippen molar-refractivity contribution in [1.29, 1.82) is 0 Å². The molecule has 0 saturated heterocycles. The summed E-state index contributed by atoms with van der Waals surface area (Å²) >= 11 is 3.64. The van der Waals surface area contributed by atoms with E-state index in [1.807, 2.05) is 36.4 Å². The number of benzene rings is 1. The predicted molar refractivity (Wildman–Crippen MR) is 93.9 cm³/mol. The Morgan fingerprint density at radius 2 is 2.05 bits per heavy atom. The van der Waals surface area contributed by atoms with E-state index in [0.29, 0.717) is 12.5 Å². The second-order valence-corrected chi connectivity index (χ2v) is 11.6. The Bertz CT molecular complexity index is 513. The second-order valence-electron chi connectivity index (χ2n) is 6.05. The van der Waals surface area contributed by atoms with Crippen molar-refractivity contribution in [3.63, 3.8) is 0 Å². The van der Waals surface area contributed by atoms with Crippen LogP contribution in [0.5, 0.6) is 0 Å². The third-order valence-electron chi connectivity index (χ3n) is 3.10. The molecule has 0 radical (unpaired) electrons. The van der Waals surface area contributed by atoms with Crippen molar-refractivity contribution < 1.29 is 9.16 Å². The number of hydrogen-bond acceptors (Lipinski definition) is 3. The van der Waals surface area contributed by atoms with Gasteiger partial charge in [0.25, 0.3) is 0 Å². The fourth-order valence-electron chi connectivity index (χ4n) is 2.19. The molecular weight excluding hydrogens is 346 g/mol. The lowest BCUT2D eigenvalue weighted by Crippen LogP contribution is -2.43. The van der Waals surface area contributed by atoms with Gasteiger partial charge in [-0.1, -0.05) is 40.2 Å². The Hall–Kier alpha value is -0.913. The topological polar surface area (TPSA) is 30.8 Å². The zero-order chi connectivity index (χ0) is 15.5. The molecule has 3 nitrogen and oxygen atoms in total. The van der Waals surface area contributed by atoms with Crippen LogP contribution in [0.2, 0.25) is 19.6 Å². The van der Waals surface area contributed by atoms with Crippen molar-refractivity contribution in [2.45, 2.75) is 36.6 Å². The molecule has 1 aliphatic heterocycles. The number of nitrogens with zero attached hydrogens (tertiary/aromatic N) is 1. The lowest BCUT2D eigenvalue weighted by Gasteiger charge is -2.30. The molecule has 0 unspecified atom stereocenters. The van der Waals surface area contributed by atoms with Crippen molar-refractivity contribution in [3.05, 3.63) is 48.6 Å². The highest BCUT2D eigenvalue weighted by atomic mass is 79.9. The predicted octanol–water partition coefficient (Wildman–Crippen LogP) is 4.00. The quantitative estimate of drug-likeness (QED) is 0.432. The molecule has 1 aromatic rings. The van der Waals surface area contributed by atoms with Gasteiger partial charge in [0.2, 0.25) is 5.90 Å². The summed E-state index contributed by atoms with van der Waals surface area (Å²) in [6.07, 6.45) is 1.82. The molecule has 2 rings (SSSR count). The van der Waals surface area contributed by atoms with Crippen molar-refractivity contribution in [3.8, 4) is 0 Å². The summed E-state index contributed by atoms with van der Waals surface area (Å²) in [5.41, 5.74) is 1.01. The third-order valence-corrected chi connectivity index (χ3v) is 4.98. The Balaban J connectivity index is 2.18. The fraction of sp³-hybridized carbons (Fsp3) is 0.438. The van der Waals surface area contributed by atoms with Gasteiger partial charge >= 0.3 is 0 Å². The van der Waals surface area contributed by atoms with E-state index in [1.165, 1.54) is 0 Å². The lowest BCUT2D eigenvalue weighted by molar-refractivity contribution is 0.153. The van der Waals surface area contributed by atoms with Gasteiger partial charge in [0.15, 0.2) is 8.32 Å². The van der Waals surface area contributed by atoms with Gasteiger partial charge in [-0.3, -0.25) is 0 Å². The molecule has 0 bridgehead atoms. The van der Waals surface area contributed by atoms with Crippen LogP contribution in [0, 0.1) is 0 Å².